The standard InChI is InChI=1S/C22H26ClNO3S/c1-12-18-14(10-15-19(18)22(15,2)3)20(28-12)21(26)24-11-13-5-6-17(16(23)9-13)27-8-4-7-25/h5-6,9,15,19,25H,4,7-8,10-11H2,1-3H3,(H,24,26)/t15-,19-/m1/s1. The summed E-state index contributed by atoms with van der Waals surface area (Å²) in [5.41, 5.74) is 4.05. The van der Waals surface area contributed by atoms with Gasteiger partial charge < -0.3 is 15.2 Å². The third kappa shape index (κ3) is 3.34. The molecule has 2 aliphatic carbocycles. The Bertz CT molecular complexity index is 921. The van der Waals surface area contributed by atoms with Crippen LogP contribution in [-0.2, 0) is 13.0 Å². The Labute approximate surface area is 174 Å². The number of fused-ring (bicyclic) bond motifs is 3. The number of aliphatic hydroxyl groups is 1. The fraction of sp³-hybridized carbons (Fsp3) is 0.500. The van der Waals surface area contributed by atoms with Gasteiger partial charge in [0.25, 0.3) is 5.91 Å². The Morgan fingerprint density at radius 3 is 2.93 bits per heavy atom. The number of halogens is 1. The van der Waals surface area contributed by atoms with Crippen LogP contribution < -0.4 is 10.1 Å². The smallest absolute Gasteiger partial charge is 0.261 e. The lowest BCUT2D eigenvalue weighted by Crippen LogP contribution is -2.23. The van der Waals surface area contributed by atoms with Crippen molar-refractivity contribution in [3.63, 3.8) is 0 Å². The van der Waals surface area contributed by atoms with Crippen LogP contribution in [0, 0.1) is 18.3 Å². The van der Waals surface area contributed by atoms with E-state index in [2.05, 4.69) is 26.1 Å². The van der Waals surface area contributed by atoms with Crippen LogP contribution in [-0.4, -0.2) is 24.2 Å². The topological polar surface area (TPSA) is 58.6 Å². The van der Waals surface area contributed by atoms with E-state index in [0.29, 0.717) is 47.6 Å². The molecule has 6 heteroatoms. The van der Waals surface area contributed by atoms with Crippen molar-refractivity contribution in [1.82, 2.24) is 5.32 Å². The summed E-state index contributed by atoms with van der Waals surface area (Å²) in [4.78, 5) is 15.0. The van der Waals surface area contributed by atoms with E-state index >= 15 is 0 Å². The van der Waals surface area contributed by atoms with Gasteiger partial charge in [0.2, 0.25) is 0 Å². The predicted molar refractivity (Wildman–Crippen MR) is 113 cm³/mol. The monoisotopic (exact) mass is 419 g/mol. The number of benzene rings is 1. The fourth-order valence-electron chi connectivity index (χ4n) is 4.60. The van der Waals surface area contributed by atoms with Gasteiger partial charge in [0, 0.05) is 24.4 Å². The van der Waals surface area contributed by atoms with Crippen LogP contribution in [0.1, 0.15) is 57.4 Å². The number of carbonyl (C=O) groups excluding carboxylic acids is 1. The van der Waals surface area contributed by atoms with Crippen molar-refractivity contribution in [2.75, 3.05) is 13.2 Å². The summed E-state index contributed by atoms with van der Waals surface area (Å²) in [6, 6.07) is 5.53. The summed E-state index contributed by atoms with van der Waals surface area (Å²) in [6.07, 6.45) is 1.60. The maximum Gasteiger partial charge on any atom is 0.261 e. The molecule has 1 aromatic carbocycles. The van der Waals surface area contributed by atoms with Crippen LogP contribution in [0.4, 0.5) is 0 Å². The normalized spacial score (nSPS) is 21.2. The number of rotatable bonds is 7. The molecule has 1 fully saturated rings. The summed E-state index contributed by atoms with van der Waals surface area (Å²) in [5.74, 6) is 1.94. The lowest BCUT2D eigenvalue weighted by atomic mass is 9.95. The van der Waals surface area contributed by atoms with Crippen LogP contribution >= 0.6 is 22.9 Å². The highest BCUT2D eigenvalue weighted by atomic mass is 35.5. The van der Waals surface area contributed by atoms with E-state index in [4.69, 9.17) is 21.4 Å². The molecule has 0 unspecified atom stereocenters. The minimum atomic E-state index is 0.00727. The van der Waals surface area contributed by atoms with Gasteiger partial charge in [-0.2, -0.15) is 0 Å². The number of ether oxygens (including phenoxy) is 1. The molecule has 2 N–H and O–H groups in total. The molecule has 4 nitrogen and oxygen atoms in total. The molecule has 0 saturated heterocycles. The lowest BCUT2D eigenvalue weighted by molar-refractivity contribution is 0.0954. The van der Waals surface area contributed by atoms with Gasteiger partial charge in [-0.1, -0.05) is 31.5 Å². The number of carbonyl (C=O) groups is 1. The van der Waals surface area contributed by atoms with E-state index < -0.39 is 0 Å². The zero-order valence-corrected chi connectivity index (χ0v) is 18.0. The van der Waals surface area contributed by atoms with E-state index in [1.807, 2.05) is 18.2 Å². The molecule has 1 heterocycles. The van der Waals surface area contributed by atoms with Gasteiger partial charge in [-0.25, -0.2) is 0 Å². The third-order valence-electron chi connectivity index (χ3n) is 6.23. The third-order valence-corrected chi connectivity index (χ3v) is 7.69. The largest absolute Gasteiger partial charge is 0.492 e. The number of thiophene rings is 1. The number of aliphatic hydroxyl groups excluding tert-OH is 1. The van der Waals surface area contributed by atoms with Crippen LogP contribution in [0.3, 0.4) is 0 Å². The second-order valence-electron chi connectivity index (χ2n) is 8.36. The molecular formula is C22H26ClNO3S. The highest BCUT2D eigenvalue weighted by Gasteiger charge is 2.63. The Kier molecular flexibility index (Phi) is 5.19. The Morgan fingerprint density at radius 1 is 1.43 bits per heavy atom. The van der Waals surface area contributed by atoms with Crippen LogP contribution in [0.2, 0.25) is 5.02 Å². The van der Waals surface area contributed by atoms with Gasteiger partial charge in [-0.05, 0) is 59.4 Å². The molecule has 4 rings (SSSR count). The second kappa shape index (κ2) is 7.36. The molecule has 2 aliphatic rings. The molecule has 28 heavy (non-hydrogen) atoms. The molecule has 1 amide bonds. The molecule has 0 radical (unpaired) electrons. The lowest BCUT2D eigenvalue weighted by Gasteiger charge is -2.11. The summed E-state index contributed by atoms with van der Waals surface area (Å²) in [7, 11) is 0. The molecular weight excluding hydrogens is 394 g/mol. The summed E-state index contributed by atoms with van der Waals surface area (Å²) in [6.45, 7) is 7.76. The van der Waals surface area contributed by atoms with Crippen LogP contribution in [0.5, 0.6) is 5.75 Å². The molecule has 0 spiro atoms. The Hall–Kier alpha value is -1.56. The quantitative estimate of drug-likeness (QED) is 0.639. The first-order chi connectivity index (χ1) is 13.3. The van der Waals surface area contributed by atoms with Gasteiger partial charge in [0.05, 0.1) is 16.5 Å². The summed E-state index contributed by atoms with van der Waals surface area (Å²) < 4.78 is 5.53. The van der Waals surface area contributed by atoms with Gasteiger partial charge in [0.15, 0.2) is 0 Å². The molecule has 0 aliphatic heterocycles. The van der Waals surface area contributed by atoms with Gasteiger partial charge in [-0.15, -0.1) is 11.3 Å². The predicted octanol–water partition coefficient (Wildman–Crippen LogP) is 4.70. The maximum absolute atomic E-state index is 12.8. The highest BCUT2D eigenvalue weighted by molar-refractivity contribution is 7.14. The number of aryl methyl sites for hydroxylation is 1. The SMILES string of the molecule is Cc1sc(C(=O)NCc2ccc(OCCCO)c(Cl)c2)c2c1[C@H]1[C@@H](C2)C1(C)C. The number of hydrogen-bond donors (Lipinski definition) is 2. The summed E-state index contributed by atoms with van der Waals surface area (Å²) >= 11 is 7.90. The first-order valence-electron chi connectivity index (χ1n) is 9.77. The van der Waals surface area contributed by atoms with Crippen molar-refractivity contribution >= 4 is 28.8 Å². The summed E-state index contributed by atoms with van der Waals surface area (Å²) in [5, 5.41) is 12.4. The van der Waals surface area contributed by atoms with E-state index in [1.165, 1.54) is 16.0 Å². The van der Waals surface area contributed by atoms with E-state index in [9.17, 15) is 4.79 Å². The van der Waals surface area contributed by atoms with Crippen molar-refractivity contribution in [3.05, 3.63) is 49.7 Å². The maximum atomic E-state index is 12.8. The second-order valence-corrected chi connectivity index (χ2v) is 9.99. The molecule has 0 bridgehead atoms. The van der Waals surface area contributed by atoms with Gasteiger partial charge in [-0.3, -0.25) is 4.79 Å². The molecule has 2 atom stereocenters. The van der Waals surface area contributed by atoms with Gasteiger partial charge in [0.1, 0.15) is 5.75 Å². The Morgan fingerprint density at radius 2 is 2.21 bits per heavy atom. The van der Waals surface area contributed by atoms with Crippen molar-refractivity contribution in [3.8, 4) is 5.75 Å². The number of amides is 1. The Balaban J connectivity index is 1.40. The number of nitrogens with one attached hydrogen (secondary N) is 1. The van der Waals surface area contributed by atoms with Crippen molar-refractivity contribution in [1.29, 1.82) is 0 Å². The minimum absolute atomic E-state index is 0.00727. The molecule has 2 aromatic rings. The van der Waals surface area contributed by atoms with Crippen molar-refractivity contribution in [2.45, 2.75) is 46.1 Å². The van der Waals surface area contributed by atoms with Crippen molar-refractivity contribution < 1.29 is 14.6 Å². The van der Waals surface area contributed by atoms with E-state index in [0.717, 1.165) is 16.9 Å². The number of hydrogen-bond acceptors (Lipinski definition) is 4. The van der Waals surface area contributed by atoms with Crippen LogP contribution in [0.15, 0.2) is 18.2 Å². The molecule has 1 saturated carbocycles. The molecule has 1 aromatic heterocycles. The highest BCUT2D eigenvalue weighted by Crippen LogP contribution is 2.71. The average molecular weight is 420 g/mol. The molecule has 150 valence electrons. The van der Waals surface area contributed by atoms with Crippen LogP contribution in [0.25, 0.3) is 0 Å². The van der Waals surface area contributed by atoms with Crippen molar-refractivity contribution in [2.24, 2.45) is 11.3 Å². The van der Waals surface area contributed by atoms with Gasteiger partial charge >= 0.3 is 0 Å². The minimum Gasteiger partial charge on any atom is -0.492 e. The van der Waals surface area contributed by atoms with E-state index in [1.54, 1.807) is 11.3 Å². The first kappa shape index (κ1) is 19.7. The average Bonchev–Trinajstić information content (AvgIpc) is 2.99. The zero-order valence-electron chi connectivity index (χ0n) is 16.5. The fourth-order valence-corrected chi connectivity index (χ4v) is 6.00. The zero-order chi connectivity index (χ0) is 20.1. The first-order valence-corrected chi connectivity index (χ1v) is 11.0. The van der Waals surface area contributed by atoms with E-state index in [-0.39, 0.29) is 12.5 Å².